The molecular formula is C19H19BrClN3O3. The van der Waals surface area contributed by atoms with Crippen LogP contribution in [0.4, 0.5) is 5.69 Å². The van der Waals surface area contributed by atoms with Gasteiger partial charge in [0.25, 0.3) is 5.91 Å². The maximum Gasteiger partial charge on any atom is 0.277 e. The molecule has 2 aromatic rings. The summed E-state index contributed by atoms with van der Waals surface area (Å²) in [5.74, 6) is -0.0913. The molecule has 27 heavy (non-hydrogen) atoms. The Morgan fingerprint density at radius 3 is 2.52 bits per heavy atom. The normalized spacial score (nSPS) is 11.0. The van der Waals surface area contributed by atoms with E-state index in [2.05, 4.69) is 31.8 Å². The van der Waals surface area contributed by atoms with Crippen molar-refractivity contribution in [2.24, 2.45) is 5.10 Å². The van der Waals surface area contributed by atoms with Crippen LogP contribution in [0.3, 0.4) is 0 Å². The zero-order valence-electron chi connectivity index (χ0n) is 14.9. The van der Waals surface area contributed by atoms with Gasteiger partial charge in [0.05, 0.1) is 10.9 Å². The van der Waals surface area contributed by atoms with E-state index >= 15 is 0 Å². The van der Waals surface area contributed by atoms with Crippen molar-refractivity contribution in [1.29, 1.82) is 0 Å². The first-order chi connectivity index (χ1) is 12.8. The summed E-state index contributed by atoms with van der Waals surface area (Å²) >= 11 is 9.18. The third-order valence-electron chi connectivity index (χ3n) is 3.36. The Bertz CT molecular complexity index is 854. The Labute approximate surface area is 171 Å². The highest BCUT2D eigenvalue weighted by Crippen LogP contribution is 2.25. The summed E-state index contributed by atoms with van der Waals surface area (Å²) in [6.07, 6.45) is 0.0489. The molecule has 8 heteroatoms. The van der Waals surface area contributed by atoms with Crippen molar-refractivity contribution < 1.29 is 14.3 Å². The van der Waals surface area contributed by atoms with Crippen LogP contribution >= 0.6 is 27.5 Å². The molecule has 2 rings (SSSR count). The lowest BCUT2D eigenvalue weighted by Crippen LogP contribution is -2.26. The molecule has 142 valence electrons. The first-order valence-electron chi connectivity index (χ1n) is 8.10. The number of benzene rings is 2. The van der Waals surface area contributed by atoms with Crippen LogP contribution in [0.5, 0.6) is 5.75 Å². The van der Waals surface area contributed by atoms with Gasteiger partial charge in [0.2, 0.25) is 5.91 Å². The standard InChI is InChI=1S/C19H19BrClN3O3/c1-12-3-8-17(16(20)9-12)27-11-19(26)24-23-13(2)10-18(25)22-15-6-4-14(21)5-7-15/h3-9H,10-11H2,1-2H3,(H,22,25)(H,24,26). The molecule has 0 aromatic heterocycles. The molecule has 0 fully saturated rings. The van der Waals surface area contributed by atoms with Gasteiger partial charge in [0.1, 0.15) is 5.75 Å². The lowest BCUT2D eigenvalue weighted by molar-refractivity contribution is -0.123. The van der Waals surface area contributed by atoms with Crippen LogP contribution in [-0.2, 0) is 9.59 Å². The van der Waals surface area contributed by atoms with Crippen LogP contribution in [0.25, 0.3) is 0 Å². The third-order valence-corrected chi connectivity index (χ3v) is 4.23. The number of anilines is 1. The van der Waals surface area contributed by atoms with E-state index in [0.29, 0.717) is 22.2 Å². The van der Waals surface area contributed by atoms with Gasteiger partial charge in [0.15, 0.2) is 6.61 Å². The van der Waals surface area contributed by atoms with Crippen molar-refractivity contribution >= 4 is 50.7 Å². The molecule has 0 saturated heterocycles. The second-order valence-electron chi connectivity index (χ2n) is 5.84. The van der Waals surface area contributed by atoms with Crippen molar-refractivity contribution in [3.05, 3.63) is 57.5 Å². The number of carbonyl (C=O) groups excluding carboxylic acids is 2. The quantitative estimate of drug-likeness (QED) is 0.485. The van der Waals surface area contributed by atoms with Gasteiger partial charge in [-0.2, -0.15) is 5.10 Å². The van der Waals surface area contributed by atoms with Gasteiger partial charge in [-0.25, -0.2) is 5.43 Å². The van der Waals surface area contributed by atoms with Crippen LogP contribution in [0.1, 0.15) is 18.9 Å². The predicted octanol–water partition coefficient (Wildman–Crippen LogP) is 4.31. The first-order valence-corrected chi connectivity index (χ1v) is 9.27. The molecule has 0 radical (unpaired) electrons. The number of amides is 2. The number of nitrogens with zero attached hydrogens (tertiary/aromatic N) is 1. The Kier molecular flexibility index (Phi) is 7.82. The van der Waals surface area contributed by atoms with Gasteiger partial charge in [-0.3, -0.25) is 9.59 Å². The summed E-state index contributed by atoms with van der Waals surface area (Å²) in [5, 5.41) is 7.23. The minimum atomic E-state index is -0.417. The fourth-order valence-electron chi connectivity index (χ4n) is 2.07. The van der Waals surface area contributed by atoms with Gasteiger partial charge in [0, 0.05) is 16.4 Å². The van der Waals surface area contributed by atoms with Crippen molar-refractivity contribution in [3.63, 3.8) is 0 Å². The van der Waals surface area contributed by atoms with E-state index in [1.165, 1.54) is 0 Å². The smallest absolute Gasteiger partial charge is 0.277 e. The lowest BCUT2D eigenvalue weighted by atomic mass is 10.2. The molecule has 0 aliphatic heterocycles. The van der Waals surface area contributed by atoms with E-state index in [-0.39, 0.29) is 18.9 Å². The number of hydrogen-bond donors (Lipinski definition) is 2. The average Bonchev–Trinajstić information content (AvgIpc) is 2.61. The minimum Gasteiger partial charge on any atom is -0.483 e. The SMILES string of the molecule is CC(CC(=O)Nc1ccc(Cl)cc1)=NNC(=O)COc1ccc(C)cc1Br. The van der Waals surface area contributed by atoms with E-state index in [4.69, 9.17) is 16.3 Å². The molecule has 0 atom stereocenters. The molecule has 2 amide bonds. The molecular weight excluding hydrogens is 434 g/mol. The number of carbonyl (C=O) groups is 2. The number of hydrogen-bond acceptors (Lipinski definition) is 4. The summed E-state index contributed by atoms with van der Waals surface area (Å²) in [4.78, 5) is 23.8. The second kappa shape index (κ2) is 10.1. The highest BCUT2D eigenvalue weighted by atomic mass is 79.9. The summed E-state index contributed by atoms with van der Waals surface area (Å²) in [6.45, 7) is 3.43. The maximum absolute atomic E-state index is 12.0. The maximum atomic E-state index is 12.0. The summed E-state index contributed by atoms with van der Waals surface area (Å²) in [6, 6.07) is 12.3. The van der Waals surface area contributed by atoms with E-state index in [1.54, 1.807) is 37.3 Å². The Morgan fingerprint density at radius 2 is 1.85 bits per heavy atom. The number of hydrazone groups is 1. The topological polar surface area (TPSA) is 79.8 Å². The summed E-state index contributed by atoms with van der Waals surface area (Å²) in [5.41, 5.74) is 4.55. The number of rotatable bonds is 7. The second-order valence-corrected chi connectivity index (χ2v) is 7.13. The fraction of sp³-hybridized carbons (Fsp3) is 0.211. The monoisotopic (exact) mass is 451 g/mol. The average molecular weight is 453 g/mol. The Morgan fingerprint density at radius 1 is 1.15 bits per heavy atom. The van der Waals surface area contributed by atoms with Crippen molar-refractivity contribution in [2.45, 2.75) is 20.3 Å². The van der Waals surface area contributed by atoms with Crippen LogP contribution in [0.2, 0.25) is 5.02 Å². The van der Waals surface area contributed by atoms with Crippen LogP contribution in [0, 0.1) is 6.92 Å². The molecule has 0 heterocycles. The lowest BCUT2D eigenvalue weighted by Gasteiger charge is -2.08. The molecule has 0 spiro atoms. The van der Waals surface area contributed by atoms with Crippen molar-refractivity contribution in [1.82, 2.24) is 5.43 Å². The Hall–Kier alpha value is -2.38. The fourth-order valence-corrected chi connectivity index (χ4v) is 2.80. The summed E-state index contributed by atoms with van der Waals surface area (Å²) in [7, 11) is 0. The van der Waals surface area contributed by atoms with Crippen LogP contribution in [-0.4, -0.2) is 24.1 Å². The molecule has 0 saturated carbocycles. The molecule has 2 N–H and O–H groups in total. The van der Waals surface area contributed by atoms with Gasteiger partial charge >= 0.3 is 0 Å². The van der Waals surface area contributed by atoms with Crippen molar-refractivity contribution in [2.75, 3.05) is 11.9 Å². The summed E-state index contributed by atoms with van der Waals surface area (Å²) < 4.78 is 6.21. The van der Waals surface area contributed by atoms with E-state index < -0.39 is 5.91 Å². The predicted molar refractivity (Wildman–Crippen MR) is 110 cm³/mol. The number of halogens is 2. The largest absolute Gasteiger partial charge is 0.483 e. The molecule has 0 bridgehead atoms. The van der Waals surface area contributed by atoms with E-state index in [9.17, 15) is 9.59 Å². The molecule has 2 aromatic carbocycles. The number of nitrogens with one attached hydrogen (secondary N) is 2. The van der Waals surface area contributed by atoms with Crippen LogP contribution in [0.15, 0.2) is 52.0 Å². The molecule has 0 unspecified atom stereocenters. The molecule has 6 nitrogen and oxygen atoms in total. The van der Waals surface area contributed by atoms with Gasteiger partial charge in [-0.05, 0) is 71.7 Å². The number of ether oxygens (including phenoxy) is 1. The first kappa shape index (κ1) is 20.9. The highest BCUT2D eigenvalue weighted by Gasteiger charge is 2.07. The van der Waals surface area contributed by atoms with E-state index in [1.807, 2.05) is 19.1 Å². The van der Waals surface area contributed by atoms with Gasteiger partial charge in [-0.1, -0.05) is 17.7 Å². The van der Waals surface area contributed by atoms with E-state index in [0.717, 1.165) is 10.0 Å². The zero-order chi connectivity index (χ0) is 19.8. The van der Waals surface area contributed by atoms with Crippen molar-refractivity contribution in [3.8, 4) is 5.75 Å². The Balaban J connectivity index is 1.77. The minimum absolute atomic E-state index is 0.0489. The molecule has 0 aliphatic rings. The van der Waals surface area contributed by atoms with Gasteiger partial charge < -0.3 is 10.1 Å². The van der Waals surface area contributed by atoms with Crippen LogP contribution < -0.4 is 15.5 Å². The third kappa shape index (κ3) is 7.40. The molecule has 0 aliphatic carbocycles. The zero-order valence-corrected chi connectivity index (χ0v) is 17.2. The van der Waals surface area contributed by atoms with Gasteiger partial charge in [-0.15, -0.1) is 0 Å². The highest BCUT2D eigenvalue weighted by molar-refractivity contribution is 9.10. The number of aryl methyl sites for hydroxylation is 1.